The van der Waals surface area contributed by atoms with Gasteiger partial charge < -0.3 is 19.5 Å². The second-order valence-electron chi connectivity index (χ2n) is 3.49. The van der Waals surface area contributed by atoms with Crippen molar-refractivity contribution in [2.24, 2.45) is 0 Å². The van der Waals surface area contributed by atoms with Crippen LogP contribution in [0.1, 0.15) is 16.1 Å². The number of aliphatic hydroxyl groups is 1. The third kappa shape index (κ3) is 3.40. The first-order valence-electron chi connectivity index (χ1n) is 5.20. The minimum Gasteiger partial charge on any atom is -0.477 e. The first-order valence-corrected chi connectivity index (χ1v) is 5.20. The lowest BCUT2D eigenvalue weighted by molar-refractivity contribution is 0.0692. The van der Waals surface area contributed by atoms with Crippen LogP contribution in [0.3, 0.4) is 0 Å². The third-order valence-electron chi connectivity index (χ3n) is 2.32. The number of pyridine rings is 1. The number of hydrogen-bond acceptors (Lipinski definition) is 4. The molecule has 0 aliphatic heterocycles. The number of ether oxygens (including phenoxy) is 1. The lowest BCUT2D eigenvalue weighted by atomic mass is 10.2. The van der Waals surface area contributed by atoms with Crippen LogP contribution < -0.4 is 5.56 Å². The monoisotopic (exact) mass is 241 g/mol. The van der Waals surface area contributed by atoms with Crippen LogP contribution in [0.2, 0.25) is 0 Å². The molecule has 0 unspecified atom stereocenters. The Morgan fingerprint density at radius 1 is 1.41 bits per heavy atom. The molecule has 0 amide bonds. The van der Waals surface area contributed by atoms with Crippen molar-refractivity contribution < 1.29 is 19.7 Å². The van der Waals surface area contributed by atoms with E-state index in [0.717, 1.165) is 0 Å². The molecule has 0 saturated carbocycles. The lowest BCUT2D eigenvalue weighted by Gasteiger charge is -2.10. The molecule has 0 aliphatic carbocycles. The van der Waals surface area contributed by atoms with Gasteiger partial charge in [-0.1, -0.05) is 0 Å². The molecule has 0 bridgehead atoms. The lowest BCUT2D eigenvalue weighted by Crippen LogP contribution is -2.29. The van der Waals surface area contributed by atoms with Crippen LogP contribution in [-0.2, 0) is 11.3 Å². The van der Waals surface area contributed by atoms with Crippen LogP contribution in [0, 0.1) is 6.92 Å². The minimum absolute atomic E-state index is 0.0803. The van der Waals surface area contributed by atoms with Gasteiger partial charge in [0.05, 0.1) is 19.8 Å². The van der Waals surface area contributed by atoms with E-state index in [1.54, 1.807) is 13.0 Å². The van der Waals surface area contributed by atoms with Crippen LogP contribution in [0.4, 0.5) is 0 Å². The molecule has 17 heavy (non-hydrogen) atoms. The van der Waals surface area contributed by atoms with Gasteiger partial charge in [0.2, 0.25) is 0 Å². The Labute approximate surface area is 98.1 Å². The first-order chi connectivity index (χ1) is 8.07. The number of nitrogens with zero attached hydrogens (tertiary/aromatic N) is 1. The van der Waals surface area contributed by atoms with Gasteiger partial charge in [-0.05, 0) is 19.1 Å². The van der Waals surface area contributed by atoms with Crippen molar-refractivity contribution in [1.29, 1.82) is 0 Å². The molecule has 0 fully saturated rings. The maximum atomic E-state index is 11.8. The summed E-state index contributed by atoms with van der Waals surface area (Å²) in [6.07, 6.45) is 0. The van der Waals surface area contributed by atoms with Crippen molar-refractivity contribution in [1.82, 2.24) is 4.57 Å². The number of aromatic carboxylic acids is 1. The Bertz CT molecular complexity index is 452. The van der Waals surface area contributed by atoms with Gasteiger partial charge in [-0.25, -0.2) is 4.79 Å². The Kier molecular flexibility index (Phi) is 4.86. The standard InChI is InChI=1S/C11H15NO5/c1-8-2-3-9(11(15)16)10(14)12(8)4-6-17-7-5-13/h2-3,13H,4-7H2,1H3,(H,15,16). The highest BCUT2D eigenvalue weighted by atomic mass is 16.5. The van der Waals surface area contributed by atoms with Gasteiger partial charge in [-0.2, -0.15) is 0 Å². The highest BCUT2D eigenvalue weighted by Gasteiger charge is 2.11. The number of aryl methyl sites for hydroxylation is 1. The van der Waals surface area contributed by atoms with E-state index in [4.69, 9.17) is 14.9 Å². The number of rotatable bonds is 6. The molecule has 0 aromatic carbocycles. The summed E-state index contributed by atoms with van der Waals surface area (Å²) in [5.74, 6) is -1.24. The Morgan fingerprint density at radius 2 is 2.12 bits per heavy atom. The highest BCUT2D eigenvalue weighted by Crippen LogP contribution is 1.99. The smallest absolute Gasteiger partial charge is 0.341 e. The van der Waals surface area contributed by atoms with Gasteiger partial charge in [0.25, 0.3) is 5.56 Å². The normalized spacial score (nSPS) is 10.5. The maximum Gasteiger partial charge on any atom is 0.341 e. The second-order valence-corrected chi connectivity index (χ2v) is 3.49. The first kappa shape index (κ1) is 13.4. The number of carbonyl (C=O) groups is 1. The SMILES string of the molecule is Cc1ccc(C(=O)O)c(=O)n1CCOCCO. The molecular weight excluding hydrogens is 226 g/mol. The molecule has 0 radical (unpaired) electrons. The number of aliphatic hydroxyl groups excluding tert-OH is 1. The van der Waals surface area contributed by atoms with Gasteiger partial charge in [0.1, 0.15) is 5.56 Å². The summed E-state index contributed by atoms with van der Waals surface area (Å²) in [5.41, 5.74) is -0.115. The van der Waals surface area contributed by atoms with Crippen molar-refractivity contribution in [2.75, 3.05) is 19.8 Å². The van der Waals surface area contributed by atoms with E-state index in [0.29, 0.717) is 5.69 Å². The number of carboxylic acids is 1. The zero-order chi connectivity index (χ0) is 12.8. The molecule has 1 aromatic heterocycles. The van der Waals surface area contributed by atoms with E-state index in [-0.39, 0.29) is 31.9 Å². The maximum absolute atomic E-state index is 11.8. The van der Waals surface area contributed by atoms with Crippen molar-refractivity contribution >= 4 is 5.97 Å². The van der Waals surface area contributed by atoms with Crippen LogP contribution in [0.25, 0.3) is 0 Å². The van der Waals surface area contributed by atoms with Crippen molar-refractivity contribution in [2.45, 2.75) is 13.5 Å². The van der Waals surface area contributed by atoms with Gasteiger partial charge in [0.15, 0.2) is 0 Å². The van der Waals surface area contributed by atoms with Crippen molar-refractivity contribution in [3.05, 3.63) is 33.7 Å². The predicted octanol–water partition coefficient (Wildman–Crippen LogP) is -0.136. The van der Waals surface area contributed by atoms with E-state index in [1.165, 1.54) is 10.6 Å². The summed E-state index contributed by atoms with van der Waals surface area (Å²) >= 11 is 0. The molecular formula is C11H15NO5. The molecule has 6 heteroatoms. The fourth-order valence-electron chi connectivity index (χ4n) is 1.43. The van der Waals surface area contributed by atoms with Crippen LogP contribution >= 0.6 is 0 Å². The molecule has 1 rings (SSSR count). The van der Waals surface area contributed by atoms with Gasteiger partial charge in [-0.15, -0.1) is 0 Å². The Hall–Kier alpha value is -1.66. The van der Waals surface area contributed by atoms with Gasteiger partial charge >= 0.3 is 5.97 Å². The molecule has 1 heterocycles. The van der Waals surface area contributed by atoms with E-state index in [2.05, 4.69) is 0 Å². The highest BCUT2D eigenvalue weighted by molar-refractivity contribution is 5.87. The summed E-state index contributed by atoms with van der Waals surface area (Å²) in [7, 11) is 0. The predicted molar refractivity (Wildman–Crippen MR) is 60.3 cm³/mol. The van der Waals surface area contributed by atoms with Gasteiger partial charge in [0, 0.05) is 12.2 Å². The van der Waals surface area contributed by atoms with E-state index in [9.17, 15) is 9.59 Å². The second kappa shape index (κ2) is 6.17. The zero-order valence-corrected chi connectivity index (χ0v) is 9.55. The largest absolute Gasteiger partial charge is 0.477 e. The molecule has 0 atom stereocenters. The molecule has 0 spiro atoms. The average Bonchev–Trinajstić information content (AvgIpc) is 2.27. The topological polar surface area (TPSA) is 88.8 Å². The number of hydrogen-bond donors (Lipinski definition) is 2. The van der Waals surface area contributed by atoms with Crippen molar-refractivity contribution in [3.8, 4) is 0 Å². The average molecular weight is 241 g/mol. The summed E-state index contributed by atoms with van der Waals surface area (Å²) in [4.78, 5) is 22.6. The molecule has 0 aliphatic rings. The van der Waals surface area contributed by atoms with Gasteiger partial charge in [-0.3, -0.25) is 4.79 Å². The fraction of sp³-hybridized carbons (Fsp3) is 0.455. The Morgan fingerprint density at radius 3 is 2.71 bits per heavy atom. The third-order valence-corrected chi connectivity index (χ3v) is 2.32. The molecule has 6 nitrogen and oxygen atoms in total. The van der Waals surface area contributed by atoms with Crippen LogP contribution in [0.15, 0.2) is 16.9 Å². The van der Waals surface area contributed by atoms with E-state index < -0.39 is 11.5 Å². The summed E-state index contributed by atoms with van der Waals surface area (Å²) in [6, 6.07) is 2.88. The number of aromatic nitrogens is 1. The molecule has 0 saturated heterocycles. The minimum atomic E-state index is -1.24. The van der Waals surface area contributed by atoms with Crippen LogP contribution in [0.5, 0.6) is 0 Å². The number of carboxylic acid groups (broad SMARTS) is 1. The zero-order valence-electron chi connectivity index (χ0n) is 9.55. The summed E-state index contributed by atoms with van der Waals surface area (Å²) in [6.45, 7) is 2.37. The van der Waals surface area contributed by atoms with Crippen LogP contribution in [-0.4, -0.2) is 40.6 Å². The quantitative estimate of drug-likeness (QED) is 0.677. The molecule has 94 valence electrons. The Balaban J connectivity index is 2.87. The summed E-state index contributed by atoms with van der Waals surface area (Å²) < 4.78 is 6.39. The van der Waals surface area contributed by atoms with E-state index >= 15 is 0 Å². The van der Waals surface area contributed by atoms with E-state index in [1.807, 2.05) is 0 Å². The molecule has 1 aromatic rings. The van der Waals surface area contributed by atoms with Crippen molar-refractivity contribution in [3.63, 3.8) is 0 Å². The summed E-state index contributed by atoms with van der Waals surface area (Å²) in [5, 5.41) is 17.3. The molecule has 2 N–H and O–H groups in total. The fourth-order valence-corrected chi connectivity index (χ4v) is 1.43.